The highest BCUT2D eigenvalue weighted by atomic mass is 15.1. The largest absolute Gasteiger partial charge is 0.378 e. The Kier molecular flexibility index (Phi) is 5.71. The van der Waals surface area contributed by atoms with Gasteiger partial charge in [-0.2, -0.15) is 20.5 Å². The van der Waals surface area contributed by atoms with E-state index in [0.29, 0.717) is 0 Å². The predicted molar refractivity (Wildman–Crippen MR) is 111 cm³/mol. The average molecular weight is 357 g/mol. The van der Waals surface area contributed by atoms with Crippen LogP contribution in [0.4, 0.5) is 28.4 Å². The maximum Gasteiger partial charge on any atom is 0.0887 e. The van der Waals surface area contributed by atoms with Gasteiger partial charge in [0.25, 0.3) is 0 Å². The zero-order chi connectivity index (χ0) is 19.2. The summed E-state index contributed by atoms with van der Waals surface area (Å²) >= 11 is 0. The van der Waals surface area contributed by atoms with E-state index in [1.807, 2.05) is 94.7 Å². The Morgan fingerprint density at radius 2 is 1.19 bits per heavy atom. The molecule has 0 amide bonds. The summed E-state index contributed by atoms with van der Waals surface area (Å²) < 4.78 is 0. The average Bonchev–Trinajstić information content (AvgIpc) is 2.67. The highest BCUT2D eigenvalue weighted by molar-refractivity contribution is 5.55. The first-order chi connectivity index (χ1) is 13.0. The van der Waals surface area contributed by atoms with Gasteiger partial charge in [0.15, 0.2) is 0 Å². The van der Waals surface area contributed by atoms with Crippen LogP contribution in [0.5, 0.6) is 0 Å². The van der Waals surface area contributed by atoms with Crippen molar-refractivity contribution in [1.29, 1.82) is 0 Å². The molecule has 0 fully saturated rings. The summed E-state index contributed by atoms with van der Waals surface area (Å²) in [5.74, 6) is 0. The first kappa shape index (κ1) is 18.5. The molecule has 0 aliphatic heterocycles. The van der Waals surface area contributed by atoms with E-state index in [2.05, 4.69) is 25.4 Å². The lowest BCUT2D eigenvalue weighted by atomic mass is 10.2. The molecule has 27 heavy (non-hydrogen) atoms. The minimum Gasteiger partial charge on any atom is -0.378 e. The summed E-state index contributed by atoms with van der Waals surface area (Å²) in [6, 6.07) is 21.7. The van der Waals surface area contributed by atoms with Crippen molar-refractivity contribution in [2.45, 2.75) is 13.8 Å². The van der Waals surface area contributed by atoms with E-state index in [9.17, 15) is 0 Å². The Hall–Kier alpha value is -3.34. The van der Waals surface area contributed by atoms with Crippen LogP contribution < -0.4 is 4.90 Å². The molecule has 0 radical (unpaired) electrons. The molecule has 0 aliphatic carbocycles. The molecule has 0 N–H and O–H groups in total. The van der Waals surface area contributed by atoms with Gasteiger partial charge in [0.2, 0.25) is 0 Å². The van der Waals surface area contributed by atoms with Gasteiger partial charge < -0.3 is 4.90 Å². The fraction of sp³-hybridized carbons (Fsp3) is 0.182. The zero-order valence-electron chi connectivity index (χ0n) is 16.1. The van der Waals surface area contributed by atoms with Crippen LogP contribution in [0.15, 0.2) is 87.2 Å². The number of hydrogen-bond donors (Lipinski definition) is 0. The maximum atomic E-state index is 4.36. The monoisotopic (exact) mass is 357 g/mol. The summed E-state index contributed by atoms with van der Waals surface area (Å²) in [5, 5.41) is 17.3. The lowest BCUT2D eigenvalue weighted by molar-refractivity contribution is 1.13. The second-order valence-corrected chi connectivity index (χ2v) is 6.57. The van der Waals surface area contributed by atoms with Crippen LogP contribution in [-0.4, -0.2) is 14.1 Å². The van der Waals surface area contributed by atoms with Crippen LogP contribution in [0.3, 0.4) is 0 Å². The molecule has 3 rings (SSSR count). The molecule has 0 aliphatic rings. The van der Waals surface area contributed by atoms with Crippen molar-refractivity contribution in [2.24, 2.45) is 20.5 Å². The number of aryl methyl sites for hydroxylation is 2. The van der Waals surface area contributed by atoms with Crippen molar-refractivity contribution in [1.82, 2.24) is 0 Å². The normalized spacial score (nSPS) is 11.4. The summed E-state index contributed by atoms with van der Waals surface area (Å²) in [6.07, 6.45) is 0. The van der Waals surface area contributed by atoms with Crippen molar-refractivity contribution in [3.05, 3.63) is 77.9 Å². The lowest BCUT2D eigenvalue weighted by Crippen LogP contribution is -2.07. The third-order valence-corrected chi connectivity index (χ3v) is 4.21. The van der Waals surface area contributed by atoms with Crippen molar-refractivity contribution >= 4 is 28.4 Å². The summed E-state index contributed by atoms with van der Waals surface area (Å²) in [4.78, 5) is 2.05. The number of benzene rings is 3. The van der Waals surface area contributed by atoms with Gasteiger partial charge in [-0.25, -0.2) is 0 Å². The third kappa shape index (κ3) is 4.85. The van der Waals surface area contributed by atoms with Crippen LogP contribution in [0.1, 0.15) is 11.1 Å². The summed E-state index contributed by atoms with van der Waals surface area (Å²) in [7, 11) is 4.02. The molecule has 0 heterocycles. The second kappa shape index (κ2) is 8.36. The predicted octanol–water partition coefficient (Wildman–Crippen LogP) is 7.20. The number of anilines is 1. The summed E-state index contributed by atoms with van der Waals surface area (Å²) in [6.45, 7) is 4.02. The van der Waals surface area contributed by atoms with E-state index in [0.717, 1.165) is 39.6 Å². The molecular formula is C22H23N5. The minimum absolute atomic E-state index is 0.796. The molecule has 0 atom stereocenters. The van der Waals surface area contributed by atoms with Gasteiger partial charge in [-0.05, 0) is 73.5 Å². The van der Waals surface area contributed by atoms with Gasteiger partial charge in [0, 0.05) is 19.8 Å². The lowest BCUT2D eigenvalue weighted by Gasteiger charge is -2.11. The molecule has 5 nitrogen and oxygen atoms in total. The Labute approximate surface area is 160 Å². The quantitative estimate of drug-likeness (QED) is 0.445. The number of hydrogen-bond acceptors (Lipinski definition) is 5. The smallest absolute Gasteiger partial charge is 0.0887 e. The van der Waals surface area contributed by atoms with E-state index in [1.165, 1.54) is 0 Å². The topological polar surface area (TPSA) is 52.7 Å². The van der Waals surface area contributed by atoms with Gasteiger partial charge in [-0.15, -0.1) is 0 Å². The minimum atomic E-state index is 0.796. The molecule has 0 aromatic heterocycles. The van der Waals surface area contributed by atoms with E-state index in [-0.39, 0.29) is 0 Å². The summed E-state index contributed by atoms with van der Waals surface area (Å²) in [5.41, 5.74) is 6.55. The van der Waals surface area contributed by atoms with Crippen molar-refractivity contribution < 1.29 is 0 Å². The van der Waals surface area contributed by atoms with Gasteiger partial charge in [0.05, 0.1) is 22.7 Å². The van der Waals surface area contributed by atoms with E-state index in [1.54, 1.807) is 0 Å². The Bertz CT molecular complexity index is 972. The second-order valence-electron chi connectivity index (χ2n) is 6.57. The Morgan fingerprint density at radius 3 is 1.81 bits per heavy atom. The number of rotatable bonds is 5. The van der Waals surface area contributed by atoms with E-state index < -0.39 is 0 Å². The maximum absolute atomic E-state index is 4.36. The molecule has 3 aromatic carbocycles. The highest BCUT2D eigenvalue weighted by Gasteiger charge is 2.01. The fourth-order valence-electron chi connectivity index (χ4n) is 2.53. The fourth-order valence-corrected chi connectivity index (χ4v) is 2.53. The molecule has 0 saturated heterocycles. The van der Waals surface area contributed by atoms with Gasteiger partial charge in [0.1, 0.15) is 0 Å². The van der Waals surface area contributed by atoms with Crippen LogP contribution in [0.25, 0.3) is 0 Å². The van der Waals surface area contributed by atoms with E-state index in [4.69, 9.17) is 0 Å². The van der Waals surface area contributed by atoms with E-state index >= 15 is 0 Å². The molecular weight excluding hydrogens is 334 g/mol. The van der Waals surface area contributed by atoms with Gasteiger partial charge in [-0.3, -0.25) is 0 Å². The first-order valence-corrected chi connectivity index (χ1v) is 8.80. The van der Waals surface area contributed by atoms with Crippen LogP contribution in [0, 0.1) is 13.8 Å². The van der Waals surface area contributed by atoms with Crippen LogP contribution in [0.2, 0.25) is 0 Å². The molecule has 5 heteroatoms. The molecule has 136 valence electrons. The van der Waals surface area contributed by atoms with Crippen LogP contribution in [-0.2, 0) is 0 Å². The van der Waals surface area contributed by atoms with Gasteiger partial charge >= 0.3 is 0 Å². The van der Waals surface area contributed by atoms with Crippen LogP contribution >= 0.6 is 0 Å². The number of azo groups is 2. The number of nitrogens with zero attached hydrogens (tertiary/aromatic N) is 5. The zero-order valence-corrected chi connectivity index (χ0v) is 16.1. The third-order valence-electron chi connectivity index (χ3n) is 4.21. The van der Waals surface area contributed by atoms with Gasteiger partial charge in [-0.1, -0.05) is 18.2 Å². The first-order valence-electron chi connectivity index (χ1n) is 8.80. The standard InChI is InChI=1S/C22H23N5/c1-16-7-5-6-8-21(16)25-24-19-11-14-22(17(2)15-19)26-23-18-9-12-20(13-10-18)27(3)4/h5-15H,1-4H3/b25-24+,26-23+. The molecule has 0 unspecified atom stereocenters. The van der Waals surface area contributed by atoms with Crippen molar-refractivity contribution in [3.8, 4) is 0 Å². The Balaban J connectivity index is 1.73. The molecule has 0 spiro atoms. The molecule has 3 aromatic rings. The molecule has 0 saturated carbocycles. The van der Waals surface area contributed by atoms with Crippen molar-refractivity contribution in [3.63, 3.8) is 0 Å². The SMILES string of the molecule is Cc1ccccc1/N=N/c1ccc(/N=N/c2ccc(N(C)C)cc2)c(C)c1. The highest BCUT2D eigenvalue weighted by Crippen LogP contribution is 2.28. The molecule has 0 bridgehead atoms. The van der Waals surface area contributed by atoms with Crippen molar-refractivity contribution in [2.75, 3.05) is 19.0 Å². The Morgan fingerprint density at radius 1 is 0.593 bits per heavy atom.